The summed E-state index contributed by atoms with van der Waals surface area (Å²) in [6.45, 7) is 0.403. The van der Waals surface area contributed by atoms with Crippen LogP contribution < -0.4 is 11.2 Å². The summed E-state index contributed by atoms with van der Waals surface area (Å²) >= 11 is 0. The highest BCUT2D eigenvalue weighted by Gasteiger charge is 2.55. The average molecular weight is 512 g/mol. The van der Waals surface area contributed by atoms with E-state index < -0.39 is 65.4 Å². The molecule has 1 aromatic heterocycles. The first-order valence-corrected chi connectivity index (χ1v) is 12.7. The van der Waals surface area contributed by atoms with Gasteiger partial charge in [0.2, 0.25) is 0 Å². The molecule has 7 N–H and O–H groups in total. The summed E-state index contributed by atoms with van der Waals surface area (Å²) in [6, 6.07) is 0.945. The average Bonchev–Trinajstić information content (AvgIpc) is 2.82. The molecule has 1 aliphatic rings. The third-order valence-electron chi connectivity index (χ3n) is 4.08. The lowest BCUT2D eigenvalue weighted by molar-refractivity contribution is -0.151. The first-order valence-electron chi connectivity index (χ1n) is 8.17. The minimum Gasteiger partial charge on any atom is -0.387 e. The molecule has 1 aliphatic heterocycles. The largest absolute Gasteiger partial charge is 0.490 e. The molecule has 1 fully saturated rings. The van der Waals surface area contributed by atoms with E-state index in [1.165, 1.54) is 6.92 Å². The van der Waals surface area contributed by atoms with Gasteiger partial charge in [-0.25, -0.2) is 18.5 Å². The van der Waals surface area contributed by atoms with Crippen LogP contribution in [0.2, 0.25) is 0 Å². The van der Waals surface area contributed by atoms with Crippen molar-refractivity contribution in [3.05, 3.63) is 33.1 Å². The summed E-state index contributed by atoms with van der Waals surface area (Å²) in [5.74, 6) is 0. The minimum atomic E-state index is -5.75. The van der Waals surface area contributed by atoms with Crippen LogP contribution in [0.25, 0.3) is 0 Å². The second kappa shape index (κ2) is 9.08. The molecule has 0 bridgehead atoms. The van der Waals surface area contributed by atoms with Crippen molar-refractivity contribution in [1.82, 2.24) is 9.55 Å². The van der Waals surface area contributed by atoms with Crippen LogP contribution in [0.1, 0.15) is 13.3 Å². The molecule has 0 spiro atoms. The van der Waals surface area contributed by atoms with E-state index in [0.717, 1.165) is 16.8 Å². The summed E-state index contributed by atoms with van der Waals surface area (Å²) in [6.07, 6.45) is -4.35. The molecule has 0 saturated carbocycles. The summed E-state index contributed by atoms with van der Waals surface area (Å²) in [4.78, 5) is 60.9. The maximum atomic E-state index is 12.1. The van der Waals surface area contributed by atoms with Crippen molar-refractivity contribution in [2.45, 2.75) is 37.4 Å². The topological polar surface area (TPSA) is 264 Å². The number of rotatable bonds is 9. The smallest absolute Gasteiger partial charge is 0.387 e. The number of aliphatic hydroxyl groups is 2. The number of nitrogens with zero attached hydrogens (tertiary/aromatic N) is 1. The molecule has 178 valence electrons. The lowest BCUT2D eigenvalue weighted by Gasteiger charge is -2.32. The van der Waals surface area contributed by atoms with Crippen LogP contribution in [-0.2, 0) is 37.3 Å². The van der Waals surface area contributed by atoms with Crippen LogP contribution in [0, 0.1) is 0 Å². The van der Waals surface area contributed by atoms with Gasteiger partial charge >= 0.3 is 29.2 Å². The van der Waals surface area contributed by atoms with E-state index in [1.807, 2.05) is 4.98 Å². The van der Waals surface area contributed by atoms with Gasteiger partial charge in [-0.15, -0.1) is 0 Å². The van der Waals surface area contributed by atoms with Gasteiger partial charge in [0.05, 0.1) is 6.61 Å². The molecule has 0 aromatic carbocycles. The number of phosphoric acid groups is 3. The second-order valence-electron chi connectivity index (χ2n) is 6.16. The Kier molecular flexibility index (Phi) is 7.68. The molecule has 2 unspecified atom stereocenters. The third-order valence-corrected chi connectivity index (χ3v) is 7.88. The number of nitrogens with one attached hydrogen (secondary N) is 1. The normalized spacial score (nSPS) is 30.6. The van der Waals surface area contributed by atoms with Crippen LogP contribution in [0.5, 0.6) is 0 Å². The number of aromatic amines is 1. The van der Waals surface area contributed by atoms with Crippen molar-refractivity contribution in [3.8, 4) is 0 Å². The Hall–Kier alpha value is -1.03. The minimum absolute atomic E-state index is 0.136. The van der Waals surface area contributed by atoms with Crippen molar-refractivity contribution in [2.24, 2.45) is 0 Å². The van der Waals surface area contributed by atoms with Gasteiger partial charge in [0.15, 0.2) is 5.72 Å². The van der Waals surface area contributed by atoms with E-state index in [0.29, 0.717) is 0 Å². The number of hydrogen-bond donors (Lipinski definition) is 7. The van der Waals surface area contributed by atoms with Crippen molar-refractivity contribution in [1.29, 1.82) is 0 Å². The highest BCUT2D eigenvalue weighted by molar-refractivity contribution is 7.66. The molecule has 31 heavy (non-hydrogen) atoms. The second-order valence-corrected chi connectivity index (χ2v) is 10.6. The van der Waals surface area contributed by atoms with Crippen molar-refractivity contribution in [3.63, 3.8) is 0 Å². The molecule has 0 amide bonds. The van der Waals surface area contributed by atoms with Crippen LogP contribution in [-0.4, -0.2) is 64.3 Å². The van der Waals surface area contributed by atoms with E-state index in [1.54, 1.807) is 0 Å². The molecule has 17 nitrogen and oxygen atoms in total. The van der Waals surface area contributed by atoms with Gasteiger partial charge in [-0.05, 0) is 6.42 Å². The molecular formula is C11H19N2O15P3. The van der Waals surface area contributed by atoms with Gasteiger partial charge in [0.1, 0.15) is 18.3 Å². The summed E-state index contributed by atoms with van der Waals surface area (Å²) in [5.41, 5.74) is -3.66. The highest BCUT2D eigenvalue weighted by atomic mass is 31.3. The van der Waals surface area contributed by atoms with Crippen molar-refractivity contribution in [2.75, 3.05) is 6.61 Å². The third kappa shape index (κ3) is 6.27. The molecule has 0 radical (unpaired) electrons. The van der Waals surface area contributed by atoms with Gasteiger partial charge in [0.25, 0.3) is 5.56 Å². The first-order chi connectivity index (χ1) is 14.0. The summed E-state index contributed by atoms with van der Waals surface area (Å²) in [5, 5.41) is 20.7. The van der Waals surface area contributed by atoms with E-state index in [4.69, 9.17) is 19.4 Å². The van der Waals surface area contributed by atoms with Crippen molar-refractivity contribution >= 4 is 23.5 Å². The zero-order chi connectivity index (χ0) is 23.8. The standard InChI is InChI=1S/C11H19N2O15P3/c1-2-11(13-4-3-7(14)12-10(13)17)9(16)8(15)6(26-11)5-25-30(21,22)28-31(23,24)27-29(18,19)20/h3-4,6,8-9,15-16H,2,5H2,1H3,(H,21,22)(H,23,24)(H,12,14,17)(H2,18,19,20)/t6-,8-,9-,11-/m1/s1. The molecule has 1 saturated heterocycles. The maximum Gasteiger partial charge on any atom is 0.490 e. The lowest BCUT2D eigenvalue weighted by atomic mass is 10.00. The van der Waals surface area contributed by atoms with Crippen LogP contribution in [0.4, 0.5) is 0 Å². The van der Waals surface area contributed by atoms with Gasteiger partial charge < -0.3 is 34.5 Å². The van der Waals surface area contributed by atoms with Gasteiger partial charge in [0, 0.05) is 12.3 Å². The van der Waals surface area contributed by atoms with E-state index >= 15 is 0 Å². The molecule has 2 heterocycles. The maximum absolute atomic E-state index is 12.1. The number of hydrogen-bond acceptors (Lipinski definition) is 11. The summed E-state index contributed by atoms with van der Waals surface area (Å²) < 4.78 is 51.5. The number of phosphoric ester groups is 1. The van der Waals surface area contributed by atoms with Crippen LogP contribution in [0.15, 0.2) is 21.9 Å². The zero-order valence-electron chi connectivity index (χ0n) is 15.4. The fourth-order valence-corrected chi connectivity index (χ4v) is 5.88. The Morgan fingerprint density at radius 1 is 1.13 bits per heavy atom. The zero-order valence-corrected chi connectivity index (χ0v) is 18.1. The van der Waals surface area contributed by atoms with Gasteiger partial charge in [-0.2, -0.15) is 8.62 Å². The van der Waals surface area contributed by atoms with Gasteiger partial charge in [-0.3, -0.25) is 18.9 Å². The molecule has 20 heteroatoms. The van der Waals surface area contributed by atoms with E-state index in [-0.39, 0.29) is 6.42 Å². The SMILES string of the molecule is CC[C@@]1(n2ccc(=O)[nH]c2=O)O[C@H](COP(=O)(O)OP(=O)(O)OP(=O)(O)O)[C@@H](O)[C@H]1O. The predicted molar refractivity (Wildman–Crippen MR) is 96.3 cm³/mol. The Morgan fingerprint density at radius 2 is 1.74 bits per heavy atom. The fourth-order valence-electron chi connectivity index (χ4n) is 2.85. The lowest BCUT2D eigenvalue weighted by Crippen LogP contribution is -2.51. The van der Waals surface area contributed by atoms with Crippen LogP contribution in [0.3, 0.4) is 0 Å². The fraction of sp³-hybridized carbons (Fsp3) is 0.636. The summed E-state index contributed by atoms with van der Waals surface area (Å²) in [7, 11) is -16.8. The first kappa shape index (κ1) is 26.2. The molecule has 1 aromatic rings. The Morgan fingerprint density at radius 3 is 2.26 bits per heavy atom. The molecule has 2 rings (SSSR count). The number of H-pyrrole nitrogens is 1. The number of ether oxygens (including phenoxy) is 1. The quantitative estimate of drug-likeness (QED) is 0.178. The highest BCUT2D eigenvalue weighted by Crippen LogP contribution is 2.66. The van der Waals surface area contributed by atoms with Crippen molar-refractivity contribution < 1.29 is 61.4 Å². The monoisotopic (exact) mass is 512 g/mol. The Bertz CT molecular complexity index is 1060. The Labute approximate surface area is 172 Å². The number of aliphatic hydroxyl groups excluding tert-OH is 2. The number of aromatic nitrogens is 2. The van der Waals surface area contributed by atoms with Gasteiger partial charge in [-0.1, -0.05) is 6.92 Å². The molecule has 0 aliphatic carbocycles. The molecular weight excluding hydrogens is 493 g/mol. The molecule has 6 atom stereocenters. The van der Waals surface area contributed by atoms with Crippen LogP contribution >= 0.6 is 23.5 Å². The van der Waals surface area contributed by atoms with E-state index in [2.05, 4.69) is 13.1 Å². The predicted octanol–water partition coefficient (Wildman–Crippen LogP) is -1.94. The Balaban J connectivity index is 2.19. The van der Waals surface area contributed by atoms with E-state index in [9.17, 15) is 38.4 Å².